The Morgan fingerprint density at radius 1 is 0.931 bits per heavy atom. The van der Waals surface area contributed by atoms with E-state index in [2.05, 4.69) is 0 Å². The van der Waals surface area contributed by atoms with Gasteiger partial charge in [0.25, 0.3) is 0 Å². The maximum absolute atomic E-state index is 12.9. The van der Waals surface area contributed by atoms with Gasteiger partial charge in [-0.3, -0.25) is 4.79 Å². The number of sulfonamides is 1. The molecule has 0 fully saturated rings. The van der Waals surface area contributed by atoms with Crippen LogP contribution < -0.4 is 0 Å². The second-order valence-electron chi connectivity index (χ2n) is 6.42. The lowest BCUT2D eigenvalue weighted by Crippen LogP contribution is -2.43. The highest BCUT2D eigenvalue weighted by Crippen LogP contribution is 2.31. The Balaban J connectivity index is 1.89. The van der Waals surface area contributed by atoms with E-state index >= 15 is 0 Å². The number of nitrogens with zero attached hydrogens (tertiary/aromatic N) is 1. The molecule has 0 heterocycles. The quantitative estimate of drug-likeness (QED) is 0.584. The summed E-state index contributed by atoms with van der Waals surface area (Å²) in [7, 11) is -2.62. The molecule has 0 spiro atoms. The Morgan fingerprint density at radius 2 is 1.48 bits per heavy atom. The summed E-state index contributed by atoms with van der Waals surface area (Å²) in [5.74, 6) is -1.19. The second kappa shape index (κ2) is 9.26. The van der Waals surface area contributed by atoms with Crippen molar-refractivity contribution in [1.82, 2.24) is 4.31 Å². The van der Waals surface area contributed by atoms with Gasteiger partial charge in [0.1, 0.15) is 6.04 Å². The first-order chi connectivity index (χ1) is 13.9. The molecule has 1 N–H and O–H groups in total. The van der Waals surface area contributed by atoms with Crippen molar-refractivity contribution in [3.05, 3.63) is 90.5 Å². The second-order valence-corrected chi connectivity index (χ2v) is 9.53. The Labute approximate surface area is 175 Å². The van der Waals surface area contributed by atoms with Crippen LogP contribution in [0, 0.1) is 0 Å². The average molecular weight is 428 g/mol. The molecule has 0 radical (unpaired) electrons. The number of likely N-dealkylation sites (N-methyl/N-ethyl adjacent to an activating group) is 1. The van der Waals surface area contributed by atoms with Crippen LogP contribution in [0.25, 0.3) is 0 Å². The number of hydrogen-bond donors (Lipinski definition) is 1. The minimum absolute atomic E-state index is 0.0634. The molecule has 1 atom stereocenters. The Morgan fingerprint density at radius 3 is 2.10 bits per heavy atom. The third-order valence-electron chi connectivity index (χ3n) is 4.50. The van der Waals surface area contributed by atoms with Crippen LogP contribution in [0.4, 0.5) is 0 Å². The van der Waals surface area contributed by atoms with Crippen molar-refractivity contribution in [1.29, 1.82) is 0 Å². The fourth-order valence-electron chi connectivity index (χ4n) is 2.89. The first-order valence-corrected chi connectivity index (χ1v) is 11.2. The fourth-order valence-corrected chi connectivity index (χ4v) is 5.20. The number of aliphatic carboxylic acids is 1. The molecule has 5 nitrogen and oxygen atoms in total. The minimum Gasteiger partial charge on any atom is -0.480 e. The molecule has 0 amide bonds. The molecule has 150 valence electrons. The van der Waals surface area contributed by atoms with Gasteiger partial charge in [0.05, 0.1) is 4.90 Å². The van der Waals surface area contributed by atoms with E-state index < -0.39 is 22.0 Å². The molecule has 0 aliphatic carbocycles. The van der Waals surface area contributed by atoms with E-state index in [1.807, 2.05) is 54.6 Å². The molecule has 3 aromatic carbocycles. The summed E-state index contributed by atoms with van der Waals surface area (Å²) in [5.41, 5.74) is 0.781. The van der Waals surface area contributed by atoms with Gasteiger partial charge in [0.15, 0.2) is 0 Å². The summed E-state index contributed by atoms with van der Waals surface area (Å²) in [4.78, 5) is 14.0. The van der Waals surface area contributed by atoms with Gasteiger partial charge in [-0.25, -0.2) is 8.42 Å². The van der Waals surface area contributed by atoms with Gasteiger partial charge in [0, 0.05) is 23.3 Å². The van der Waals surface area contributed by atoms with Gasteiger partial charge in [-0.05, 0) is 35.9 Å². The lowest BCUT2D eigenvalue weighted by molar-refractivity contribution is -0.141. The van der Waals surface area contributed by atoms with Crippen molar-refractivity contribution in [2.45, 2.75) is 27.1 Å². The number of carboxylic acids is 1. The minimum atomic E-state index is -3.93. The molecule has 0 saturated carbocycles. The lowest BCUT2D eigenvalue weighted by atomic mass is 10.1. The number of rotatable bonds is 8. The number of carboxylic acid groups (broad SMARTS) is 1. The summed E-state index contributed by atoms with van der Waals surface area (Å²) >= 11 is 1.52. The zero-order valence-corrected chi connectivity index (χ0v) is 17.4. The van der Waals surface area contributed by atoms with Crippen LogP contribution in [0.5, 0.6) is 0 Å². The van der Waals surface area contributed by atoms with E-state index in [9.17, 15) is 18.3 Å². The van der Waals surface area contributed by atoms with Gasteiger partial charge in [-0.2, -0.15) is 4.31 Å². The normalized spacial score (nSPS) is 12.6. The zero-order valence-electron chi connectivity index (χ0n) is 15.8. The summed E-state index contributed by atoms with van der Waals surface area (Å²) in [6.45, 7) is 0. The Kier molecular flexibility index (Phi) is 6.74. The maximum Gasteiger partial charge on any atom is 0.322 e. The molecular formula is C22H21NO4S2. The molecule has 29 heavy (non-hydrogen) atoms. The maximum atomic E-state index is 12.9. The average Bonchev–Trinajstić information content (AvgIpc) is 2.73. The largest absolute Gasteiger partial charge is 0.480 e. The number of hydrogen-bond acceptors (Lipinski definition) is 4. The van der Waals surface area contributed by atoms with Crippen molar-refractivity contribution in [3.8, 4) is 0 Å². The van der Waals surface area contributed by atoms with E-state index in [1.54, 1.807) is 18.2 Å². The van der Waals surface area contributed by atoms with Gasteiger partial charge >= 0.3 is 5.97 Å². The Bertz CT molecular complexity index is 1070. The molecule has 3 aromatic rings. The fraction of sp³-hybridized carbons (Fsp3) is 0.136. The van der Waals surface area contributed by atoms with Crippen molar-refractivity contribution >= 4 is 27.8 Å². The van der Waals surface area contributed by atoms with Gasteiger partial charge in [0.2, 0.25) is 10.0 Å². The lowest BCUT2D eigenvalue weighted by Gasteiger charge is -2.25. The van der Waals surface area contributed by atoms with Crippen LogP contribution in [-0.2, 0) is 21.2 Å². The van der Waals surface area contributed by atoms with Crippen molar-refractivity contribution < 1.29 is 18.3 Å². The number of benzene rings is 3. The predicted molar refractivity (Wildman–Crippen MR) is 114 cm³/mol. The molecule has 0 unspecified atom stereocenters. The topological polar surface area (TPSA) is 74.7 Å². The smallest absolute Gasteiger partial charge is 0.322 e. The molecule has 7 heteroatoms. The van der Waals surface area contributed by atoms with Crippen LogP contribution in [0.15, 0.2) is 99.6 Å². The highest BCUT2D eigenvalue weighted by atomic mass is 32.2. The molecule has 0 aliphatic heterocycles. The summed E-state index contributed by atoms with van der Waals surface area (Å²) in [6, 6.07) is 23.9. The van der Waals surface area contributed by atoms with E-state index in [-0.39, 0.29) is 11.3 Å². The van der Waals surface area contributed by atoms with Crippen LogP contribution >= 0.6 is 11.8 Å². The van der Waals surface area contributed by atoms with Crippen LogP contribution in [0.3, 0.4) is 0 Å². The highest BCUT2D eigenvalue weighted by molar-refractivity contribution is 7.99. The molecule has 0 aliphatic rings. The standard InChI is InChI=1S/C22H21NO4S2/c1-23(29(26,27)19-13-6-3-7-14-19)20(22(24)25)16-17-10-8-9-15-21(17)28-18-11-4-2-5-12-18/h2-15,20H,16H2,1H3,(H,24,25)/t20-/m0/s1. The third-order valence-corrected chi connectivity index (χ3v) is 7.51. The molecule has 3 rings (SSSR count). The molecule has 0 aromatic heterocycles. The van der Waals surface area contributed by atoms with Gasteiger partial charge in [-0.15, -0.1) is 0 Å². The number of carbonyl (C=O) groups is 1. The highest BCUT2D eigenvalue weighted by Gasteiger charge is 2.33. The van der Waals surface area contributed by atoms with E-state index in [1.165, 1.54) is 30.9 Å². The first-order valence-electron chi connectivity index (χ1n) is 8.96. The molecular weight excluding hydrogens is 406 g/mol. The van der Waals surface area contributed by atoms with Crippen molar-refractivity contribution in [2.24, 2.45) is 0 Å². The van der Waals surface area contributed by atoms with E-state index in [0.29, 0.717) is 0 Å². The van der Waals surface area contributed by atoms with Crippen molar-refractivity contribution in [2.75, 3.05) is 7.05 Å². The van der Waals surface area contributed by atoms with Crippen LogP contribution in [-0.4, -0.2) is 36.9 Å². The molecule has 0 bridgehead atoms. The Hall–Kier alpha value is -2.61. The van der Waals surface area contributed by atoms with E-state index in [4.69, 9.17) is 0 Å². The van der Waals surface area contributed by atoms with Gasteiger partial charge < -0.3 is 5.11 Å². The van der Waals surface area contributed by atoms with E-state index in [0.717, 1.165) is 19.7 Å². The predicted octanol–water partition coefficient (Wildman–Crippen LogP) is 4.15. The van der Waals surface area contributed by atoms with Crippen molar-refractivity contribution in [3.63, 3.8) is 0 Å². The summed E-state index contributed by atoms with van der Waals surface area (Å²) in [6.07, 6.45) is 0.0634. The zero-order chi connectivity index (χ0) is 20.9. The molecule has 0 saturated heterocycles. The van der Waals surface area contributed by atoms with Crippen LogP contribution in [0.2, 0.25) is 0 Å². The van der Waals surface area contributed by atoms with Gasteiger partial charge in [-0.1, -0.05) is 66.4 Å². The third kappa shape index (κ3) is 5.06. The summed E-state index contributed by atoms with van der Waals surface area (Å²) < 4.78 is 26.7. The van der Waals surface area contributed by atoms with Crippen LogP contribution in [0.1, 0.15) is 5.56 Å². The monoisotopic (exact) mass is 427 g/mol. The SMILES string of the molecule is CN([C@@H](Cc1ccccc1Sc1ccccc1)C(=O)O)S(=O)(=O)c1ccccc1. The summed E-state index contributed by atoms with van der Waals surface area (Å²) in [5, 5.41) is 9.78. The first kappa shape index (κ1) is 21.1.